The minimum absolute atomic E-state index is 0.102. The van der Waals surface area contributed by atoms with Crippen molar-refractivity contribution in [3.05, 3.63) is 18.2 Å². The van der Waals surface area contributed by atoms with E-state index in [0.29, 0.717) is 12.3 Å². The molecular weight excluding hydrogens is 230 g/mol. The number of hydrogen-bond donors (Lipinski definition) is 3. The van der Waals surface area contributed by atoms with Crippen molar-refractivity contribution in [1.29, 1.82) is 0 Å². The highest BCUT2D eigenvalue weighted by Gasteiger charge is 2.24. The molecule has 102 valence electrons. The molecule has 0 aliphatic heterocycles. The monoisotopic (exact) mass is 253 g/mol. The third kappa shape index (κ3) is 3.29. The van der Waals surface area contributed by atoms with Crippen LogP contribution in [0.25, 0.3) is 0 Å². The van der Waals surface area contributed by atoms with Gasteiger partial charge in [-0.1, -0.05) is 13.8 Å². The molecule has 0 amide bonds. The zero-order valence-electron chi connectivity index (χ0n) is 11.4. The van der Waals surface area contributed by atoms with Gasteiger partial charge in [0.05, 0.1) is 13.7 Å². The number of ether oxygens (including phenoxy) is 1. The Labute approximate surface area is 109 Å². The standard InChI is InChI=1S/C14H23NO3/c1-4-14(5-2,10-16)9-15-11-6-7-13(18-3)12(17)8-11/h6-8,15-17H,4-5,9-10H2,1-3H3. The molecular formula is C14H23NO3. The van der Waals surface area contributed by atoms with Gasteiger partial charge in [0.15, 0.2) is 11.5 Å². The van der Waals surface area contributed by atoms with Crippen molar-refractivity contribution in [3.8, 4) is 11.5 Å². The van der Waals surface area contributed by atoms with Crippen LogP contribution in [-0.4, -0.2) is 30.5 Å². The Hall–Kier alpha value is -1.42. The van der Waals surface area contributed by atoms with Crippen LogP contribution in [0.2, 0.25) is 0 Å². The lowest BCUT2D eigenvalue weighted by molar-refractivity contribution is 0.127. The molecule has 4 heteroatoms. The number of aliphatic hydroxyl groups is 1. The summed E-state index contributed by atoms with van der Waals surface area (Å²) in [4.78, 5) is 0. The summed E-state index contributed by atoms with van der Waals surface area (Å²) in [5.74, 6) is 0.574. The van der Waals surface area contributed by atoms with E-state index < -0.39 is 0 Å². The van der Waals surface area contributed by atoms with Crippen LogP contribution in [0, 0.1) is 5.41 Å². The molecule has 0 atom stereocenters. The third-order valence-electron chi connectivity index (χ3n) is 3.68. The minimum atomic E-state index is -0.102. The van der Waals surface area contributed by atoms with Gasteiger partial charge < -0.3 is 20.3 Å². The summed E-state index contributed by atoms with van der Waals surface area (Å²) >= 11 is 0. The fourth-order valence-corrected chi connectivity index (χ4v) is 1.87. The van der Waals surface area contributed by atoms with E-state index in [-0.39, 0.29) is 17.8 Å². The SMILES string of the molecule is CCC(CC)(CO)CNc1ccc(OC)c(O)c1. The van der Waals surface area contributed by atoms with Gasteiger partial charge in [-0.05, 0) is 25.0 Å². The number of aliphatic hydroxyl groups excluding tert-OH is 1. The number of rotatable bonds is 7. The predicted molar refractivity (Wildman–Crippen MR) is 73.2 cm³/mol. The number of methoxy groups -OCH3 is 1. The highest BCUT2D eigenvalue weighted by Crippen LogP contribution is 2.30. The fraction of sp³-hybridized carbons (Fsp3) is 0.571. The van der Waals surface area contributed by atoms with Crippen LogP contribution in [0.4, 0.5) is 5.69 Å². The van der Waals surface area contributed by atoms with Crippen LogP contribution in [0.1, 0.15) is 26.7 Å². The number of hydrogen-bond acceptors (Lipinski definition) is 4. The molecule has 0 aliphatic carbocycles. The summed E-state index contributed by atoms with van der Waals surface area (Å²) in [6, 6.07) is 5.20. The number of phenols is 1. The minimum Gasteiger partial charge on any atom is -0.504 e. The second-order valence-corrected chi connectivity index (χ2v) is 4.61. The van der Waals surface area contributed by atoms with Crippen molar-refractivity contribution in [2.45, 2.75) is 26.7 Å². The van der Waals surface area contributed by atoms with E-state index in [2.05, 4.69) is 19.2 Å². The third-order valence-corrected chi connectivity index (χ3v) is 3.68. The average Bonchev–Trinajstić information content (AvgIpc) is 2.41. The first kappa shape index (κ1) is 14.6. The van der Waals surface area contributed by atoms with Gasteiger partial charge in [-0.3, -0.25) is 0 Å². The lowest BCUT2D eigenvalue weighted by Crippen LogP contribution is -2.32. The lowest BCUT2D eigenvalue weighted by Gasteiger charge is -2.30. The molecule has 1 aromatic carbocycles. The molecule has 1 rings (SSSR count). The van der Waals surface area contributed by atoms with Gasteiger partial charge in [-0.15, -0.1) is 0 Å². The van der Waals surface area contributed by atoms with Crippen molar-refractivity contribution in [2.24, 2.45) is 5.41 Å². The molecule has 3 N–H and O–H groups in total. The summed E-state index contributed by atoms with van der Waals surface area (Å²) in [7, 11) is 1.52. The van der Waals surface area contributed by atoms with Crippen molar-refractivity contribution >= 4 is 5.69 Å². The van der Waals surface area contributed by atoms with E-state index in [1.165, 1.54) is 7.11 Å². The maximum absolute atomic E-state index is 9.68. The van der Waals surface area contributed by atoms with Gasteiger partial charge in [0.2, 0.25) is 0 Å². The maximum Gasteiger partial charge on any atom is 0.160 e. The van der Waals surface area contributed by atoms with E-state index in [1.807, 2.05) is 6.07 Å². The number of nitrogens with one attached hydrogen (secondary N) is 1. The van der Waals surface area contributed by atoms with Gasteiger partial charge in [0.1, 0.15) is 0 Å². The normalized spacial score (nSPS) is 11.3. The van der Waals surface area contributed by atoms with Crippen molar-refractivity contribution in [2.75, 3.05) is 25.6 Å². The summed E-state index contributed by atoms with van der Waals surface area (Å²) in [5, 5.41) is 22.4. The molecule has 0 aromatic heterocycles. The Morgan fingerprint density at radius 2 is 1.94 bits per heavy atom. The van der Waals surface area contributed by atoms with Crippen LogP contribution < -0.4 is 10.1 Å². The zero-order valence-corrected chi connectivity index (χ0v) is 11.4. The largest absolute Gasteiger partial charge is 0.504 e. The molecule has 0 aliphatic rings. The molecule has 0 heterocycles. The van der Waals surface area contributed by atoms with Gasteiger partial charge in [0.25, 0.3) is 0 Å². The lowest BCUT2D eigenvalue weighted by atomic mass is 9.83. The molecule has 1 aromatic rings. The zero-order chi connectivity index (χ0) is 13.6. The number of benzene rings is 1. The molecule has 18 heavy (non-hydrogen) atoms. The number of anilines is 1. The van der Waals surface area contributed by atoms with E-state index >= 15 is 0 Å². The molecule has 0 unspecified atom stereocenters. The topological polar surface area (TPSA) is 61.7 Å². The number of phenolic OH excluding ortho intramolecular Hbond substituents is 1. The van der Waals surface area contributed by atoms with Gasteiger partial charge in [-0.2, -0.15) is 0 Å². The van der Waals surface area contributed by atoms with Crippen molar-refractivity contribution in [1.82, 2.24) is 0 Å². The van der Waals surface area contributed by atoms with E-state index in [9.17, 15) is 10.2 Å². The average molecular weight is 253 g/mol. The molecule has 0 bridgehead atoms. The highest BCUT2D eigenvalue weighted by molar-refractivity contribution is 5.54. The van der Waals surface area contributed by atoms with Crippen LogP contribution in [-0.2, 0) is 0 Å². The Kier molecular flexibility index (Phi) is 5.28. The summed E-state index contributed by atoms with van der Waals surface area (Å²) in [6.45, 7) is 5.00. The van der Waals surface area contributed by atoms with Gasteiger partial charge in [0, 0.05) is 23.7 Å². The Bertz CT molecular complexity index is 367. The molecule has 0 saturated heterocycles. The van der Waals surface area contributed by atoms with E-state index in [0.717, 1.165) is 18.5 Å². The molecule has 0 fully saturated rings. The molecule has 0 saturated carbocycles. The predicted octanol–water partition coefficient (Wildman–Crippen LogP) is 2.61. The smallest absolute Gasteiger partial charge is 0.160 e. The maximum atomic E-state index is 9.68. The first-order valence-corrected chi connectivity index (χ1v) is 6.32. The van der Waals surface area contributed by atoms with E-state index in [1.54, 1.807) is 12.1 Å². The van der Waals surface area contributed by atoms with E-state index in [4.69, 9.17) is 4.74 Å². The first-order chi connectivity index (χ1) is 8.60. The molecule has 0 radical (unpaired) electrons. The summed E-state index contributed by atoms with van der Waals surface area (Å²) < 4.78 is 4.99. The van der Waals surface area contributed by atoms with Crippen LogP contribution in [0.15, 0.2) is 18.2 Å². The highest BCUT2D eigenvalue weighted by atomic mass is 16.5. The van der Waals surface area contributed by atoms with Crippen LogP contribution >= 0.6 is 0 Å². The van der Waals surface area contributed by atoms with Gasteiger partial charge in [-0.25, -0.2) is 0 Å². The Balaban J connectivity index is 2.71. The number of aromatic hydroxyl groups is 1. The Morgan fingerprint density at radius 1 is 1.28 bits per heavy atom. The first-order valence-electron chi connectivity index (χ1n) is 6.32. The van der Waals surface area contributed by atoms with Crippen LogP contribution in [0.5, 0.6) is 11.5 Å². The van der Waals surface area contributed by atoms with Gasteiger partial charge >= 0.3 is 0 Å². The van der Waals surface area contributed by atoms with Crippen molar-refractivity contribution < 1.29 is 14.9 Å². The second-order valence-electron chi connectivity index (χ2n) is 4.61. The molecule has 0 spiro atoms. The second kappa shape index (κ2) is 6.50. The quantitative estimate of drug-likeness (QED) is 0.699. The summed E-state index contributed by atoms with van der Waals surface area (Å²) in [5.41, 5.74) is 0.725. The Morgan fingerprint density at radius 3 is 2.39 bits per heavy atom. The summed E-state index contributed by atoms with van der Waals surface area (Å²) in [6.07, 6.45) is 1.82. The fourth-order valence-electron chi connectivity index (χ4n) is 1.87. The molecule has 4 nitrogen and oxygen atoms in total. The van der Waals surface area contributed by atoms with Crippen molar-refractivity contribution in [3.63, 3.8) is 0 Å². The van der Waals surface area contributed by atoms with Crippen LogP contribution in [0.3, 0.4) is 0 Å².